The summed E-state index contributed by atoms with van der Waals surface area (Å²) in [5.41, 5.74) is 3.50. The van der Waals surface area contributed by atoms with Gasteiger partial charge in [-0.05, 0) is 93.8 Å². The second-order valence-corrected chi connectivity index (χ2v) is 10.7. The van der Waals surface area contributed by atoms with Crippen molar-refractivity contribution in [3.63, 3.8) is 0 Å². The van der Waals surface area contributed by atoms with Gasteiger partial charge in [-0.3, -0.25) is 4.68 Å². The lowest BCUT2D eigenvalue weighted by molar-refractivity contribution is 0.0172. The van der Waals surface area contributed by atoms with Crippen LogP contribution in [0, 0.1) is 30.1 Å². The van der Waals surface area contributed by atoms with Gasteiger partial charge in [0.1, 0.15) is 5.82 Å². The third-order valence-electron chi connectivity index (χ3n) is 8.49. The number of anilines is 1. The monoisotopic (exact) mass is 418 g/mol. The van der Waals surface area contributed by atoms with Crippen molar-refractivity contribution in [2.45, 2.75) is 51.5 Å². The Kier molecular flexibility index (Phi) is 4.67. The summed E-state index contributed by atoms with van der Waals surface area (Å²) in [4.78, 5) is 2.76. The van der Waals surface area contributed by atoms with Crippen LogP contribution in [0.25, 0.3) is 11.3 Å². The van der Waals surface area contributed by atoms with Crippen LogP contribution in [0.1, 0.15) is 44.2 Å². The molecule has 164 valence electrons. The molecule has 6 nitrogen and oxygen atoms in total. The summed E-state index contributed by atoms with van der Waals surface area (Å²) in [5, 5.41) is 16.9. The molecule has 6 heteroatoms. The topological polar surface area (TPSA) is 58.9 Å². The molecule has 1 aliphatic heterocycles. The molecule has 3 unspecified atom stereocenters. The van der Waals surface area contributed by atoms with Crippen molar-refractivity contribution in [1.29, 1.82) is 0 Å². The second-order valence-electron chi connectivity index (χ2n) is 10.7. The standard InChI is InChI=1S/C25H34N6/c1-17-22(16-30(2)29-17)23-5-6-24(28-27-23)26-21-13-25(14-21)7-9-31(10-8-25)15-20-12-18-3-4-19(20)11-18/h3-6,16,18-21H,7-15H2,1-2H3,(H,26,28). The number of hydrogen-bond acceptors (Lipinski definition) is 5. The summed E-state index contributed by atoms with van der Waals surface area (Å²) in [6.45, 7) is 5.94. The first-order valence-electron chi connectivity index (χ1n) is 12.1. The Hall–Kier alpha value is -2.21. The van der Waals surface area contributed by atoms with E-state index in [1.807, 2.05) is 24.9 Å². The van der Waals surface area contributed by atoms with Crippen LogP contribution in [0.3, 0.4) is 0 Å². The van der Waals surface area contributed by atoms with Gasteiger partial charge in [0.25, 0.3) is 0 Å². The minimum absolute atomic E-state index is 0.544. The molecule has 2 aromatic rings. The van der Waals surface area contributed by atoms with Gasteiger partial charge in [0.05, 0.1) is 11.4 Å². The van der Waals surface area contributed by atoms with E-state index in [0.717, 1.165) is 40.5 Å². The molecule has 0 aromatic carbocycles. The van der Waals surface area contributed by atoms with Gasteiger partial charge in [-0.1, -0.05) is 12.2 Å². The SMILES string of the molecule is Cc1nn(C)cc1-c1ccc(NC2CC3(CCN(CC4CC5C=CC4C5)CC3)C2)nn1. The van der Waals surface area contributed by atoms with Crippen LogP contribution < -0.4 is 5.32 Å². The Morgan fingerprint density at radius 1 is 1.10 bits per heavy atom. The highest BCUT2D eigenvalue weighted by molar-refractivity contribution is 5.61. The van der Waals surface area contributed by atoms with E-state index in [0.29, 0.717) is 11.5 Å². The molecule has 1 spiro atoms. The summed E-state index contributed by atoms with van der Waals surface area (Å²) < 4.78 is 1.83. The third-order valence-corrected chi connectivity index (χ3v) is 8.49. The Morgan fingerprint density at radius 3 is 2.55 bits per heavy atom. The number of nitrogens with zero attached hydrogens (tertiary/aromatic N) is 5. The van der Waals surface area contributed by atoms with Gasteiger partial charge in [0.15, 0.2) is 0 Å². The maximum Gasteiger partial charge on any atom is 0.148 e. The van der Waals surface area contributed by atoms with Crippen molar-refractivity contribution in [3.05, 3.63) is 36.2 Å². The summed E-state index contributed by atoms with van der Waals surface area (Å²) >= 11 is 0. The van der Waals surface area contributed by atoms with Crippen molar-refractivity contribution in [3.8, 4) is 11.3 Å². The molecule has 2 aromatic heterocycles. The Labute approximate surface area is 185 Å². The molecule has 0 radical (unpaired) electrons. The van der Waals surface area contributed by atoms with Crippen molar-refractivity contribution in [2.75, 3.05) is 25.0 Å². The van der Waals surface area contributed by atoms with Gasteiger partial charge in [-0.25, -0.2) is 0 Å². The average Bonchev–Trinajstić information content (AvgIpc) is 3.44. The molecule has 2 saturated carbocycles. The van der Waals surface area contributed by atoms with Crippen LogP contribution in [-0.2, 0) is 7.05 Å². The normalized spacial score (nSPS) is 29.5. The lowest BCUT2D eigenvalue weighted by Gasteiger charge is -2.52. The predicted molar refractivity (Wildman–Crippen MR) is 123 cm³/mol. The molecule has 31 heavy (non-hydrogen) atoms. The van der Waals surface area contributed by atoms with E-state index in [1.54, 1.807) is 0 Å². The maximum atomic E-state index is 4.44. The zero-order valence-corrected chi connectivity index (χ0v) is 18.8. The lowest BCUT2D eigenvalue weighted by Crippen LogP contribution is -2.52. The highest BCUT2D eigenvalue weighted by atomic mass is 15.3. The minimum atomic E-state index is 0.544. The molecule has 0 amide bonds. The fourth-order valence-electron chi connectivity index (χ4n) is 6.76. The molecular weight excluding hydrogens is 384 g/mol. The Bertz CT molecular complexity index is 960. The summed E-state index contributed by atoms with van der Waals surface area (Å²) in [5.74, 6) is 3.60. The number of allylic oxidation sites excluding steroid dienone is 2. The lowest BCUT2D eigenvalue weighted by atomic mass is 9.60. The molecular formula is C25H34N6. The van der Waals surface area contributed by atoms with Gasteiger partial charge in [-0.15, -0.1) is 10.2 Å². The number of likely N-dealkylation sites (tertiary alicyclic amines) is 1. The fraction of sp³-hybridized carbons (Fsp3) is 0.640. The van der Waals surface area contributed by atoms with E-state index < -0.39 is 0 Å². The summed E-state index contributed by atoms with van der Waals surface area (Å²) in [6.07, 6.45) is 15.1. The average molecular weight is 419 g/mol. The first kappa shape index (κ1) is 19.5. The molecule has 1 N–H and O–H groups in total. The van der Waals surface area contributed by atoms with Crippen LogP contribution in [-0.4, -0.2) is 50.6 Å². The van der Waals surface area contributed by atoms with E-state index in [-0.39, 0.29) is 0 Å². The first-order valence-corrected chi connectivity index (χ1v) is 12.1. The molecule has 3 atom stereocenters. The summed E-state index contributed by atoms with van der Waals surface area (Å²) in [7, 11) is 1.94. The zero-order valence-electron chi connectivity index (χ0n) is 18.8. The van der Waals surface area contributed by atoms with Crippen LogP contribution in [0.2, 0.25) is 0 Å². The van der Waals surface area contributed by atoms with E-state index in [4.69, 9.17) is 0 Å². The number of nitrogens with one attached hydrogen (secondary N) is 1. The van der Waals surface area contributed by atoms with E-state index >= 15 is 0 Å². The smallest absolute Gasteiger partial charge is 0.148 e. The van der Waals surface area contributed by atoms with E-state index in [1.165, 1.54) is 58.2 Å². The Morgan fingerprint density at radius 2 is 1.94 bits per heavy atom. The van der Waals surface area contributed by atoms with Crippen molar-refractivity contribution in [1.82, 2.24) is 24.9 Å². The molecule has 3 fully saturated rings. The largest absolute Gasteiger partial charge is 0.366 e. The van der Waals surface area contributed by atoms with Crippen LogP contribution in [0.4, 0.5) is 5.82 Å². The fourth-order valence-corrected chi connectivity index (χ4v) is 6.76. The number of rotatable bonds is 5. The number of aryl methyl sites for hydroxylation is 2. The van der Waals surface area contributed by atoms with Gasteiger partial charge in [0, 0.05) is 31.4 Å². The number of fused-ring (bicyclic) bond motifs is 2. The van der Waals surface area contributed by atoms with Gasteiger partial charge < -0.3 is 10.2 Å². The molecule has 3 heterocycles. The molecule has 3 aliphatic carbocycles. The van der Waals surface area contributed by atoms with Crippen molar-refractivity contribution < 1.29 is 0 Å². The number of aromatic nitrogens is 4. The van der Waals surface area contributed by atoms with Crippen molar-refractivity contribution >= 4 is 5.82 Å². The third kappa shape index (κ3) is 3.69. The van der Waals surface area contributed by atoms with E-state index in [9.17, 15) is 0 Å². The Balaban J connectivity index is 0.982. The van der Waals surface area contributed by atoms with Crippen LogP contribution in [0.15, 0.2) is 30.5 Å². The van der Waals surface area contributed by atoms with Crippen molar-refractivity contribution in [2.24, 2.45) is 30.2 Å². The van der Waals surface area contributed by atoms with Crippen LogP contribution >= 0.6 is 0 Å². The first-order chi connectivity index (χ1) is 15.1. The predicted octanol–water partition coefficient (Wildman–Crippen LogP) is 4.05. The van der Waals surface area contributed by atoms with Gasteiger partial charge in [-0.2, -0.15) is 5.10 Å². The summed E-state index contributed by atoms with van der Waals surface area (Å²) in [6, 6.07) is 4.66. The molecule has 4 aliphatic rings. The minimum Gasteiger partial charge on any atom is -0.366 e. The molecule has 2 bridgehead atoms. The van der Waals surface area contributed by atoms with Gasteiger partial charge >= 0.3 is 0 Å². The second kappa shape index (κ2) is 7.44. The molecule has 6 rings (SSSR count). The highest BCUT2D eigenvalue weighted by Gasteiger charge is 2.46. The quantitative estimate of drug-likeness (QED) is 0.742. The maximum absolute atomic E-state index is 4.44. The highest BCUT2D eigenvalue weighted by Crippen LogP contribution is 2.50. The van der Waals surface area contributed by atoms with Gasteiger partial charge in [0.2, 0.25) is 0 Å². The molecule has 1 saturated heterocycles. The number of piperidine rings is 1. The zero-order chi connectivity index (χ0) is 21.0. The van der Waals surface area contributed by atoms with E-state index in [2.05, 4.69) is 49.8 Å². The van der Waals surface area contributed by atoms with Crippen LogP contribution in [0.5, 0.6) is 0 Å². The number of hydrogen-bond donors (Lipinski definition) is 1.